The first-order valence-corrected chi connectivity index (χ1v) is 28.7. The van der Waals surface area contributed by atoms with E-state index in [2.05, 4.69) is 86.6 Å². The molecule has 0 unspecified atom stereocenters. The van der Waals surface area contributed by atoms with Gasteiger partial charge in [-0.15, -0.1) is 0 Å². The smallest absolute Gasteiger partial charge is 0.293 e. The Balaban J connectivity index is 0.862. The fraction of sp³-hybridized carbons (Fsp3) is 0.544. The largest absolute Gasteiger partial charge is 0.468 e. The molecule has 0 bridgehead atoms. The number of hydrogen-bond donors (Lipinski definition) is 4. The molecule has 5 fully saturated rings. The van der Waals surface area contributed by atoms with E-state index in [0.717, 1.165) is 75.5 Å². The zero-order chi connectivity index (χ0) is 52.4. The maximum Gasteiger partial charge on any atom is 0.293 e. The maximum absolute atomic E-state index is 14.8. The molecule has 3 saturated heterocycles. The monoisotopic (exact) mass is 1040 g/mol. The van der Waals surface area contributed by atoms with E-state index in [1.807, 2.05) is 37.4 Å². The molecule has 11 rings (SSSR count). The summed E-state index contributed by atoms with van der Waals surface area (Å²) in [4.78, 5) is 44.1. The van der Waals surface area contributed by atoms with E-state index in [4.69, 9.17) is 14.5 Å². The van der Waals surface area contributed by atoms with Gasteiger partial charge >= 0.3 is 0 Å². The summed E-state index contributed by atoms with van der Waals surface area (Å²) in [5, 5.41) is 26.8. The van der Waals surface area contributed by atoms with Gasteiger partial charge < -0.3 is 34.7 Å². The zero-order valence-electron chi connectivity index (χ0n) is 44.0. The Bertz CT molecular complexity index is 3040. The molecule has 2 saturated carbocycles. The van der Waals surface area contributed by atoms with Gasteiger partial charge in [-0.25, -0.2) is 13.1 Å². The van der Waals surface area contributed by atoms with Gasteiger partial charge in [-0.1, -0.05) is 38.1 Å². The molecule has 2 aliphatic carbocycles. The van der Waals surface area contributed by atoms with Crippen LogP contribution in [0.4, 0.5) is 28.4 Å². The second kappa shape index (κ2) is 20.3. The number of benzene rings is 3. The number of anilines is 4. The number of nitro groups is 1. The molecule has 75 heavy (non-hydrogen) atoms. The second-order valence-electron chi connectivity index (χ2n) is 23.3. The summed E-state index contributed by atoms with van der Waals surface area (Å²) in [5.74, 6) is 0.148. The number of amides is 1. The lowest BCUT2D eigenvalue weighted by atomic mass is 9.59. The average Bonchev–Trinajstić information content (AvgIpc) is 3.85. The van der Waals surface area contributed by atoms with Gasteiger partial charge in [0, 0.05) is 87.3 Å². The lowest BCUT2D eigenvalue weighted by Crippen LogP contribution is -2.60. The fourth-order valence-electron chi connectivity index (χ4n) is 13.2. The van der Waals surface area contributed by atoms with Crippen molar-refractivity contribution in [2.45, 2.75) is 139 Å². The highest BCUT2D eigenvalue weighted by molar-refractivity contribution is 7.90. The number of fused-ring (bicyclic) bond motifs is 3. The van der Waals surface area contributed by atoms with Gasteiger partial charge in [0.15, 0.2) is 0 Å². The van der Waals surface area contributed by atoms with Crippen molar-refractivity contribution in [2.24, 2.45) is 11.3 Å². The van der Waals surface area contributed by atoms with E-state index in [9.17, 15) is 28.4 Å². The minimum atomic E-state index is -4.62. The number of nitro benzene ring substituents is 1. The molecule has 2 aromatic heterocycles. The Hall–Kier alpha value is -5.79. The van der Waals surface area contributed by atoms with E-state index in [0.29, 0.717) is 86.0 Å². The van der Waals surface area contributed by atoms with Crippen LogP contribution in [-0.4, -0.2) is 126 Å². The third-order valence-electron chi connectivity index (χ3n) is 17.7. The van der Waals surface area contributed by atoms with E-state index < -0.39 is 43.1 Å². The van der Waals surface area contributed by atoms with Gasteiger partial charge in [0.25, 0.3) is 21.6 Å². The van der Waals surface area contributed by atoms with Crippen molar-refractivity contribution in [1.29, 1.82) is 0 Å². The standard InChI is InChI=1S/C57H73N9O8S/c1-36(2)43-8-6-7-9-44(43)51-34-63(37(3)4)25-26-64(51)41-31-57(32-41)20-23-62(24-21-57)40-10-12-45(48(29-40)65-47-17-27-73-35-52(47)74-55-50(65)28-39-16-22-58-53(39)60-55)54(67)61-75(71,72)42-11-13-46(49(30-42)66(69)70)59-33-38-14-18-56(5,68)19-15-38/h6-13,16,22,28-30,36-38,41,47,51-52,59,68H,14-15,17-21,23-27,31-35H2,1-5H3,(H,58,60)(H,61,67)/t38?,47-,51-,52-,56?/m0/s1. The highest BCUT2D eigenvalue weighted by Crippen LogP contribution is 2.54. The van der Waals surface area contributed by atoms with E-state index in [-0.39, 0.29) is 28.6 Å². The minimum Gasteiger partial charge on any atom is -0.468 e. The number of sulfonamides is 1. The van der Waals surface area contributed by atoms with Crippen molar-refractivity contribution in [3.8, 4) is 5.88 Å². The van der Waals surface area contributed by atoms with Crippen LogP contribution >= 0.6 is 0 Å². The van der Waals surface area contributed by atoms with Crippen molar-refractivity contribution in [3.05, 3.63) is 106 Å². The Kier molecular flexibility index (Phi) is 13.9. The molecule has 1 spiro atoms. The number of H-pyrrole nitrogens is 1. The predicted octanol–water partition coefficient (Wildman–Crippen LogP) is 9.27. The molecule has 6 aliphatic rings. The van der Waals surface area contributed by atoms with E-state index in [1.54, 1.807) is 6.07 Å². The van der Waals surface area contributed by atoms with Gasteiger partial charge in [-0.05, 0) is 149 Å². The Morgan fingerprint density at radius 1 is 0.947 bits per heavy atom. The number of nitrogens with one attached hydrogen (secondary N) is 3. The molecule has 0 radical (unpaired) electrons. The lowest BCUT2D eigenvalue weighted by molar-refractivity contribution is -0.384. The highest BCUT2D eigenvalue weighted by atomic mass is 32.2. The molecule has 18 heteroatoms. The summed E-state index contributed by atoms with van der Waals surface area (Å²) in [6.07, 6.45) is 9.19. The summed E-state index contributed by atoms with van der Waals surface area (Å²) in [6.45, 7) is 17.1. The Morgan fingerprint density at radius 3 is 2.47 bits per heavy atom. The number of aromatic amines is 1. The quantitative estimate of drug-likeness (QED) is 0.0643. The van der Waals surface area contributed by atoms with Crippen LogP contribution in [0.5, 0.6) is 5.88 Å². The van der Waals surface area contributed by atoms with Gasteiger partial charge in [-0.3, -0.25) is 24.7 Å². The SMILES string of the molecule is CC(C)c1ccccc1[C@@H]1CN(C(C)C)CCN1C1CC2(CCN(c3ccc(C(=O)NS(=O)(=O)c4ccc(NCC5CCC(C)(O)CC5)c([N+](=O)[O-])c4)c(N4c5cc6cc[nH]c6nc5O[C@H]5COCC[C@@H]54)c3)CC2)C1. The molecular formula is C57H73N9O8S. The van der Waals surface area contributed by atoms with E-state index in [1.165, 1.54) is 36.1 Å². The van der Waals surface area contributed by atoms with Crippen molar-refractivity contribution in [3.63, 3.8) is 0 Å². The summed E-state index contributed by atoms with van der Waals surface area (Å²) >= 11 is 0. The van der Waals surface area contributed by atoms with Gasteiger partial charge in [0.05, 0.1) is 39.3 Å². The molecule has 400 valence electrons. The van der Waals surface area contributed by atoms with Crippen LogP contribution in [0, 0.1) is 21.4 Å². The lowest BCUT2D eigenvalue weighted by Gasteiger charge is -2.58. The van der Waals surface area contributed by atoms with Crippen molar-refractivity contribution in [1.82, 2.24) is 24.5 Å². The van der Waals surface area contributed by atoms with Crippen molar-refractivity contribution in [2.75, 3.05) is 67.6 Å². The number of ether oxygens (including phenoxy) is 2. The number of rotatable bonds is 13. The fourth-order valence-corrected chi connectivity index (χ4v) is 14.2. The number of carbonyl (C=O) groups excluding carboxylic acids is 1. The van der Waals surface area contributed by atoms with Crippen LogP contribution in [-0.2, 0) is 14.8 Å². The molecule has 4 aliphatic heterocycles. The van der Waals surface area contributed by atoms with Crippen molar-refractivity contribution < 1.29 is 32.7 Å². The third kappa shape index (κ3) is 10.2. The van der Waals surface area contributed by atoms with Crippen LogP contribution in [0.25, 0.3) is 11.0 Å². The average molecular weight is 1040 g/mol. The summed E-state index contributed by atoms with van der Waals surface area (Å²) < 4.78 is 43.2. The van der Waals surface area contributed by atoms with Crippen molar-refractivity contribution >= 4 is 55.4 Å². The van der Waals surface area contributed by atoms with Crippen LogP contribution in [0.1, 0.15) is 126 Å². The first kappa shape index (κ1) is 51.3. The number of piperidine rings is 1. The Labute approximate surface area is 440 Å². The predicted molar refractivity (Wildman–Crippen MR) is 291 cm³/mol. The molecule has 5 aromatic rings. The number of aromatic nitrogens is 2. The van der Waals surface area contributed by atoms with Crippen LogP contribution in [0.2, 0.25) is 0 Å². The second-order valence-corrected chi connectivity index (χ2v) is 24.9. The molecule has 4 N–H and O–H groups in total. The number of pyridine rings is 1. The van der Waals surface area contributed by atoms with Crippen LogP contribution < -0.4 is 24.6 Å². The van der Waals surface area contributed by atoms with E-state index >= 15 is 0 Å². The first-order chi connectivity index (χ1) is 35.9. The number of nitrogens with zero attached hydrogens (tertiary/aromatic N) is 6. The minimum absolute atomic E-state index is 0.121. The summed E-state index contributed by atoms with van der Waals surface area (Å²) in [6, 6.07) is 23.4. The number of hydrogen-bond acceptors (Lipinski definition) is 14. The topological polar surface area (TPSA) is 199 Å². The Morgan fingerprint density at radius 2 is 1.72 bits per heavy atom. The molecule has 17 nitrogen and oxygen atoms in total. The first-order valence-electron chi connectivity index (χ1n) is 27.3. The van der Waals surface area contributed by atoms with Crippen LogP contribution in [0.15, 0.2) is 83.9 Å². The highest BCUT2D eigenvalue weighted by Gasteiger charge is 2.50. The summed E-state index contributed by atoms with van der Waals surface area (Å²) in [7, 11) is -4.62. The van der Waals surface area contributed by atoms with Gasteiger partial charge in [0.2, 0.25) is 5.88 Å². The maximum atomic E-state index is 14.8. The molecular weight excluding hydrogens is 971 g/mol. The summed E-state index contributed by atoms with van der Waals surface area (Å²) in [5.41, 5.74) is 5.06. The number of piperazine rings is 1. The number of aliphatic hydroxyl groups is 1. The molecule has 3 atom stereocenters. The molecule has 6 heterocycles. The van der Waals surface area contributed by atoms with Gasteiger partial charge in [0.1, 0.15) is 23.1 Å². The zero-order valence-corrected chi connectivity index (χ0v) is 44.8. The van der Waals surface area contributed by atoms with Crippen LogP contribution in [0.3, 0.4) is 0 Å². The number of carbonyl (C=O) groups is 1. The third-order valence-corrected chi connectivity index (χ3v) is 19.0. The molecule has 3 aromatic carbocycles. The van der Waals surface area contributed by atoms with Gasteiger partial charge in [-0.2, -0.15) is 4.98 Å². The molecule has 1 amide bonds. The normalized spacial score (nSPS) is 25.4.